The highest BCUT2D eigenvalue weighted by atomic mass is 35.5. The molecule has 1 aromatic heterocycles. The van der Waals surface area contributed by atoms with Gasteiger partial charge in [-0.2, -0.15) is 0 Å². The minimum atomic E-state index is 0.273. The zero-order valence-electron chi connectivity index (χ0n) is 13.4. The van der Waals surface area contributed by atoms with Gasteiger partial charge in [-0.05, 0) is 29.8 Å². The molecule has 26 heavy (non-hydrogen) atoms. The first-order valence-corrected chi connectivity index (χ1v) is 8.39. The summed E-state index contributed by atoms with van der Waals surface area (Å²) in [6, 6.07) is 12.8. The summed E-state index contributed by atoms with van der Waals surface area (Å²) in [6.45, 7) is 0.273. The SMILES string of the molecule is N=[N+]=NCCc1c(N=[N+]=N)nc2ccc(Cl)cc2c1-c1ccccc1Cl. The number of nitrogens with zero attached hydrogens (tertiary/aromatic N) is 5. The van der Waals surface area contributed by atoms with Gasteiger partial charge in [-0.25, -0.2) is 4.98 Å². The first kappa shape index (κ1) is 17.9. The van der Waals surface area contributed by atoms with Gasteiger partial charge in [0.25, 0.3) is 0 Å². The van der Waals surface area contributed by atoms with Crippen molar-refractivity contribution < 1.29 is 0 Å². The molecule has 0 aliphatic rings. The number of nitrogens with one attached hydrogen (secondary N) is 2. The molecular formula is C17H13Cl2N7+2. The van der Waals surface area contributed by atoms with E-state index < -0.39 is 0 Å². The molecule has 0 atom stereocenters. The van der Waals surface area contributed by atoms with Crippen molar-refractivity contribution in [2.75, 3.05) is 6.54 Å². The number of benzene rings is 2. The molecule has 128 valence electrons. The lowest BCUT2D eigenvalue weighted by Crippen LogP contribution is -1.99. The highest BCUT2D eigenvalue weighted by molar-refractivity contribution is 6.34. The summed E-state index contributed by atoms with van der Waals surface area (Å²) >= 11 is 12.7. The molecule has 0 aliphatic heterocycles. The van der Waals surface area contributed by atoms with Crippen molar-refractivity contribution >= 4 is 39.9 Å². The fourth-order valence-corrected chi connectivity index (χ4v) is 3.21. The summed E-state index contributed by atoms with van der Waals surface area (Å²) in [5.74, 6) is 0.310. The molecule has 9 heteroatoms. The Labute approximate surface area is 158 Å². The van der Waals surface area contributed by atoms with Crippen LogP contribution in [0.5, 0.6) is 0 Å². The Balaban J connectivity index is 2.43. The van der Waals surface area contributed by atoms with Crippen LogP contribution in [0.1, 0.15) is 5.56 Å². The Morgan fingerprint density at radius 3 is 2.58 bits per heavy atom. The normalized spacial score (nSPS) is 10.2. The van der Waals surface area contributed by atoms with Crippen LogP contribution < -0.4 is 9.82 Å². The topological polar surface area (TPSA) is 114 Å². The molecule has 3 rings (SSSR count). The van der Waals surface area contributed by atoms with E-state index in [2.05, 4.69) is 25.0 Å². The minimum absolute atomic E-state index is 0.273. The maximum absolute atomic E-state index is 7.11. The minimum Gasteiger partial charge on any atom is -0.222 e. The number of fused-ring (bicyclic) bond motifs is 1. The third-order valence-corrected chi connectivity index (χ3v) is 4.41. The maximum atomic E-state index is 7.11. The van der Waals surface area contributed by atoms with Crippen LogP contribution in [-0.2, 0) is 6.42 Å². The molecule has 0 spiro atoms. The Bertz CT molecular complexity index is 1080. The Morgan fingerprint density at radius 1 is 1.04 bits per heavy atom. The summed E-state index contributed by atoms with van der Waals surface area (Å²) < 4.78 is 0. The largest absolute Gasteiger partial charge is 0.245 e. The lowest BCUT2D eigenvalue weighted by Gasteiger charge is -2.14. The molecule has 0 bridgehead atoms. The second-order valence-corrected chi connectivity index (χ2v) is 6.19. The molecule has 7 nitrogen and oxygen atoms in total. The second-order valence-electron chi connectivity index (χ2n) is 5.35. The van der Waals surface area contributed by atoms with Gasteiger partial charge in [0, 0.05) is 33.0 Å². The van der Waals surface area contributed by atoms with Gasteiger partial charge in [0.2, 0.25) is 15.6 Å². The molecule has 2 aromatic carbocycles. The van der Waals surface area contributed by atoms with Crippen molar-refractivity contribution in [3.8, 4) is 11.1 Å². The number of rotatable bonds is 5. The predicted octanol–water partition coefficient (Wildman–Crippen LogP) is 5.48. The van der Waals surface area contributed by atoms with E-state index in [9.17, 15) is 0 Å². The number of halogens is 2. The monoisotopic (exact) mass is 385 g/mol. The summed E-state index contributed by atoms with van der Waals surface area (Å²) in [7, 11) is 0. The van der Waals surface area contributed by atoms with Gasteiger partial charge in [-0.1, -0.05) is 41.4 Å². The Morgan fingerprint density at radius 2 is 1.85 bits per heavy atom. The third-order valence-electron chi connectivity index (χ3n) is 3.85. The van der Waals surface area contributed by atoms with Gasteiger partial charge >= 0.3 is 0 Å². The molecule has 0 radical (unpaired) electrons. The molecule has 0 saturated heterocycles. The van der Waals surface area contributed by atoms with Gasteiger partial charge in [-0.3, -0.25) is 0 Å². The fourth-order valence-electron chi connectivity index (χ4n) is 2.81. The Kier molecular flexibility index (Phi) is 5.46. The first-order valence-electron chi connectivity index (χ1n) is 7.63. The van der Waals surface area contributed by atoms with E-state index in [-0.39, 0.29) is 6.54 Å². The van der Waals surface area contributed by atoms with Crippen LogP contribution in [0.25, 0.3) is 22.0 Å². The van der Waals surface area contributed by atoms with E-state index in [4.69, 9.17) is 34.3 Å². The van der Waals surface area contributed by atoms with Gasteiger partial charge < -0.3 is 0 Å². The zero-order chi connectivity index (χ0) is 18.5. The summed E-state index contributed by atoms with van der Waals surface area (Å²) in [6.07, 6.45) is 0.409. The molecule has 0 saturated carbocycles. The average Bonchev–Trinajstić information content (AvgIpc) is 2.63. The molecule has 0 unspecified atom stereocenters. The highest BCUT2D eigenvalue weighted by Gasteiger charge is 2.21. The van der Waals surface area contributed by atoms with Crippen LogP contribution in [-0.4, -0.2) is 11.5 Å². The van der Waals surface area contributed by atoms with Crippen molar-refractivity contribution in [1.29, 1.82) is 11.1 Å². The maximum Gasteiger partial charge on any atom is 0.245 e. The first-order chi connectivity index (χ1) is 12.7. The summed E-state index contributed by atoms with van der Waals surface area (Å²) in [4.78, 5) is 10.7. The van der Waals surface area contributed by atoms with E-state index in [1.807, 2.05) is 24.3 Å². The molecule has 2 N–H and O–H groups in total. The van der Waals surface area contributed by atoms with E-state index in [0.29, 0.717) is 27.8 Å². The molecule has 0 fully saturated rings. The summed E-state index contributed by atoms with van der Waals surface area (Å²) in [5, 5.41) is 9.52. The fraction of sp³-hybridized carbons (Fsp3) is 0.118. The van der Waals surface area contributed by atoms with Crippen molar-refractivity contribution in [1.82, 2.24) is 14.8 Å². The lowest BCUT2D eigenvalue weighted by molar-refractivity contribution is 0.830. The van der Waals surface area contributed by atoms with Crippen molar-refractivity contribution in [2.45, 2.75) is 6.42 Å². The standard InChI is InChI=1S/C17H13Cl2N7/c18-10-5-6-15-13(9-10)16(11-3-1-2-4-14(11)19)12(7-8-22-25-20)17(23-15)24-26-21/h1-6,9,20-21H,7-8H2/q+2. The van der Waals surface area contributed by atoms with Crippen molar-refractivity contribution in [2.24, 2.45) is 10.2 Å². The number of aromatic nitrogens is 1. The van der Waals surface area contributed by atoms with Crippen LogP contribution in [0.4, 0.5) is 5.82 Å². The van der Waals surface area contributed by atoms with E-state index >= 15 is 0 Å². The van der Waals surface area contributed by atoms with Crippen LogP contribution in [0.2, 0.25) is 10.0 Å². The van der Waals surface area contributed by atoms with Crippen LogP contribution in [0.15, 0.2) is 52.7 Å². The average molecular weight is 386 g/mol. The third kappa shape index (κ3) is 3.52. The number of hydrogen-bond donors (Lipinski definition) is 2. The Hall–Kier alpha value is -2.95. The van der Waals surface area contributed by atoms with Gasteiger partial charge in [0.1, 0.15) is 22.7 Å². The lowest BCUT2D eigenvalue weighted by atomic mass is 9.94. The van der Waals surface area contributed by atoms with Crippen LogP contribution in [0, 0.1) is 11.1 Å². The highest BCUT2D eigenvalue weighted by Crippen LogP contribution is 2.40. The molecule has 1 heterocycles. The van der Waals surface area contributed by atoms with Crippen molar-refractivity contribution in [3.05, 3.63) is 58.1 Å². The molecule has 0 amide bonds. The molecular weight excluding hydrogens is 373 g/mol. The van der Waals surface area contributed by atoms with Gasteiger partial charge in [0.15, 0.2) is 5.11 Å². The molecule has 0 aliphatic carbocycles. The van der Waals surface area contributed by atoms with E-state index in [1.54, 1.807) is 18.2 Å². The molecule has 3 aromatic rings. The smallest absolute Gasteiger partial charge is 0.222 e. The summed E-state index contributed by atoms with van der Waals surface area (Å²) in [5.41, 5.74) is 16.9. The second kappa shape index (κ2) is 7.95. The van der Waals surface area contributed by atoms with Gasteiger partial charge in [0.05, 0.1) is 5.52 Å². The quantitative estimate of drug-likeness (QED) is 0.439. The van der Waals surface area contributed by atoms with Gasteiger partial charge in [-0.15, -0.1) is 0 Å². The van der Waals surface area contributed by atoms with Crippen LogP contribution >= 0.6 is 23.2 Å². The number of hydrogen-bond acceptors (Lipinski definition) is 5. The zero-order valence-corrected chi connectivity index (χ0v) is 15.0. The van der Waals surface area contributed by atoms with Crippen molar-refractivity contribution in [3.63, 3.8) is 0 Å². The van der Waals surface area contributed by atoms with Crippen LogP contribution in [0.3, 0.4) is 0 Å². The van der Waals surface area contributed by atoms with E-state index in [1.165, 1.54) is 0 Å². The van der Waals surface area contributed by atoms with E-state index in [0.717, 1.165) is 22.1 Å². The number of pyridine rings is 1. The predicted molar refractivity (Wildman–Crippen MR) is 100.0 cm³/mol.